The van der Waals surface area contributed by atoms with Gasteiger partial charge in [0.2, 0.25) is 0 Å². The average molecular weight is 347 g/mol. The lowest BCUT2D eigenvalue weighted by Gasteiger charge is -2.02. The number of halogens is 1. The lowest BCUT2D eigenvalue weighted by molar-refractivity contribution is -0.384. The largest absolute Gasteiger partial charge is 0.383 e. The fourth-order valence-corrected chi connectivity index (χ4v) is 2.87. The van der Waals surface area contributed by atoms with Gasteiger partial charge in [0, 0.05) is 16.7 Å². The summed E-state index contributed by atoms with van der Waals surface area (Å²) in [7, 11) is 0. The summed E-state index contributed by atoms with van der Waals surface area (Å²) in [5.74, 6) is 0.378. The number of para-hydroxylation sites is 1. The second-order valence-electron chi connectivity index (χ2n) is 4.65. The van der Waals surface area contributed by atoms with Crippen molar-refractivity contribution in [1.29, 1.82) is 0 Å². The minimum atomic E-state index is -0.429. The maximum Gasteiger partial charge on any atom is 0.278 e. The number of fused-ring (bicyclic) bond motifs is 1. The molecule has 0 aliphatic heterocycles. The van der Waals surface area contributed by atoms with Gasteiger partial charge < -0.3 is 5.73 Å². The highest BCUT2D eigenvalue weighted by Crippen LogP contribution is 2.34. The summed E-state index contributed by atoms with van der Waals surface area (Å²) in [4.78, 5) is 15.2. The number of nitrogen functional groups attached to an aromatic ring is 1. The van der Waals surface area contributed by atoms with Crippen molar-refractivity contribution in [2.45, 2.75) is 6.92 Å². The first-order valence-corrected chi connectivity index (χ1v) is 6.96. The number of pyridine rings is 1. The van der Waals surface area contributed by atoms with E-state index in [1.807, 2.05) is 13.0 Å². The Morgan fingerprint density at radius 3 is 2.81 bits per heavy atom. The van der Waals surface area contributed by atoms with Crippen molar-refractivity contribution >= 4 is 33.1 Å². The molecule has 0 saturated heterocycles. The predicted molar refractivity (Wildman–Crippen MR) is 84.1 cm³/mol. The molecule has 0 amide bonds. The number of nitro groups is 1. The monoisotopic (exact) mass is 346 g/mol. The molecule has 0 atom stereocenters. The fraction of sp³-hybridized carbons (Fsp3) is 0.0714. The molecule has 2 heterocycles. The first-order valence-electron chi connectivity index (χ1n) is 6.16. The van der Waals surface area contributed by atoms with Crippen molar-refractivity contribution in [1.82, 2.24) is 9.38 Å². The van der Waals surface area contributed by atoms with E-state index in [1.54, 1.807) is 28.8 Å². The van der Waals surface area contributed by atoms with Crippen LogP contribution in [0.2, 0.25) is 0 Å². The molecule has 106 valence electrons. The molecule has 1 aromatic carbocycles. The molecule has 0 aliphatic carbocycles. The molecule has 6 nitrogen and oxygen atoms in total. The van der Waals surface area contributed by atoms with Crippen molar-refractivity contribution in [3.05, 3.63) is 56.7 Å². The van der Waals surface area contributed by atoms with Gasteiger partial charge in [0.1, 0.15) is 17.2 Å². The molecule has 3 aromatic rings. The molecular weight excluding hydrogens is 336 g/mol. The summed E-state index contributed by atoms with van der Waals surface area (Å²) < 4.78 is 2.59. The SMILES string of the molecule is Cc1cc(Br)cn2c(N)c(-c3ccccc3[N+](=O)[O-])nc12. The average Bonchev–Trinajstić information content (AvgIpc) is 2.77. The van der Waals surface area contributed by atoms with E-state index in [9.17, 15) is 10.1 Å². The van der Waals surface area contributed by atoms with E-state index in [1.165, 1.54) is 6.07 Å². The minimum Gasteiger partial charge on any atom is -0.383 e. The third-order valence-electron chi connectivity index (χ3n) is 3.26. The molecule has 0 fully saturated rings. The van der Waals surface area contributed by atoms with Crippen LogP contribution in [0.4, 0.5) is 11.5 Å². The topological polar surface area (TPSA) is 86.5 Å². The lowest BCUT2D eigenvalue weighted by atomic mass is 10.1. The van der Waals surface area contributed by atoms with E-state index in [0.29, 0.717) is 22.7 Å². The van der Waals surface area contributed by atoms with Gasteiger partial charge in [0.15, 0.2) is 0 Å². The number of imidazole rings is 1. The third-order valence-corrected chi connectivity index (χ3v) is 3.70. The summed E-state index contributed by atoms with van der Waals surface area (Å²) in [6.45, 7) is 1.91. The van der Waals surface area contributed by atoms with Gasteiger partial charge in [0.25, 0.3) is 5.69 Å². The van der Waals surface area contributed by atoms with Gasteiger partial charge in [-0.15, -0.1) is 0 Å². The Bertz CT molecular complexity index is 873. The van der Waals surface area contributed by atoms with Crippen molar-refractivity contribution in [3.8, 4) is 11.3 Å². The number of aryl methyl sites for hydroxylation is 1. The zero-order chi connectivity index (χ0) is 15.1. The van der Waals surface area contributed by atoms with Crippen LogP contribution in [0.1, 0.15) is 5.56 Å². The zero-order valence-corrected chi connectivity index (χ0v) is 12.7. The molecule has 0 saturated carbocycles. The van der Waals surface area contributed by atoms with Crippen LogP contribution >= 0.6 is 15.9 Å². The van der Waals surface area contributed by atoms with Gasteiger partial charge >= 0.3 is 0 Å². The zero-order valence-electron chi connectivity index (χ0n) is 11.1. The smallest absolute Gasteiger partial charge is 0.278 e. The standard InChI is InChI=1S/C14H11BrN4O2/c1-8-6-9(15)7-18-13(16)12(17-14(8)18)10-4-2-3-5-11(10)19(20)21/h2-7H,16H2,1H3. The summed E-state index contributed by atoms with van der Waals surface area (Å²) in [5.41, 5.74) is 8.58. The number of benzene rings is 1. The number of nitrogens with two attached hydrogens (primary N) is 1. The maximum atomic E-state index is 11.2. The predicted octanol–water partition coefficient (Wildman–Crippen LogP) is 3.56. The van der Waals surface area contributed by atoms with E-state index in [0.717, 1.165) is 10.0 Å². The summed E-state index contributed by atoms with van der Waals surface area (Å²) in [6.07, 6.45) is 1.79. The molecular formula is C14H11BrN4O2. The first-order chi connectivity index (χ1) is 9.99. The van der Waals surface area contributed by atoms with Gasteiger partial charge in [-0.3, -0.25) is 14.5 Å². The number of rotatable bonds is 2. The number of hydrogen-bond acceptors (Lipinski definition) is 4. The Morgan fingerprint density at radius 1 is 1.38 bits per heavy atom. The van der Waals surface area contributed by atoms with E-state index < -0.39 is 4.92 Å². The Balaban J connectivity index is 2.34. The molecule has 3 rings (SSSR count). The van der Waals surface area contributed by atoms with Crippen LogP contribution in [0.15, 0.2) is 41.0 Å². The Morgan fingerprint density at radius 2 is 2.10 bits per heavy atom. The number of nitrogens with zero attached hydrogens (tertiary/aromatic N) is 3. The van der Waals surface area contributed by atoms with Crippen LogP contribution in [0.25, 0.3) is 16.9 Å². The number of hydrogen-bond donors (Lipinski definition) is 1. The van der Waals surface area contributed by atoms with Crippen LogP contribution in [-0.4, -0.2) is 14.3 Å². The van der Waals surface area contributed by atoms with Crippen molar-refractivity contribution in [2.75, 3.05) is 5.73 Å². The summed E-state index contributed by atoms with van der Waals surface area (Å²) >= 11 is 3.41. The third kappa shape index (κ3) is 2.15. The van der Waals surface area contributed by atoms with Crippen molar-refractivity contribution in [2.24, 2.45) is 0 Å². The molecule has 2 aromatic heterocycles. The molecule has 2 N–H and O–H groups in total. The van der Waals surface area contributed by atoms with Gasteiger partial charge in [-0.25, -0.2) is 4.98 Å². The van der Waals surface area contributed by atoms with Crippen LogP contribution in [0.5, 0.6) is 0 Å². The number of aromatic nitrogens is 2. The van der Waals surface area contributed by atoms with Crippen LogP contribution in [0, 0.1) is 17.0 Å². The number of anilines is 1. The van der Waals surface area contributed by atoms with Crippen LogP contribution in [0.3, 0.4) is 0 Å². The first kappa shape index (κ1) is 13.6. The highest BCUT2D eigenvalue weighted by atomic mass is 79.9. The van der Waals surface area contributed by atoms with Gasteiger partial charge in [-0.1, -0.05) is 12.1 Å². The summed E-state index contributed by atoms with van der Waals surface area (Å²) in [5, 5.41) is 11.2. The van der Waals surface area contributed by atoms with E-state index in [2.05, 4.69) is 20.9 Å². The molecule has 0 spiro atoms. The highest BCUT2D eigenvalue weighted by molar-refractivity contribution is 9.10. The quantitative estimate of drug-likeness (QED) is 0.567. The fourth-order valence-electron chi connectivity index (χ4n) is 2.32. The van der Waals surface area contributed by atoms with E-state index >= 15 is 0 Å². The maximum absolute atomic E-state index is 11.2. The van der Waals surface area contributed by atoms with Crippen LogP contribution < -0.4 is 5.73 Å². The number of nitro benzene ring substituents is 1. The highest BCUT2D eigenvalue weighted by Gasteiger charge is 2.21. The Kier molecular flexibility index (Phi) is 3.13. The van der Waals surface area contributed by atoms with E-state index in [4.69, 9.17) is 5.73 Å². The lowest BCUT2D eigenvalue weighted by Crippen LogP contribution is -1.97. The molecule has 21 heavy (non-hydrogen) atoms. The van der Waals surface area contributed by atoms with Crippen LogP contribution in [-0.2, 0) is 0 Å². The second-order valence-corrected chi connectivity index (χ2v) is 5.57. The molecule has 0 aliphatic rings. The molecule has 0 radical (unpaired) electrons. The van der Waals surface area contributed by atoms with Gasteiger partial charge in [-0.05, 0) is 40.5 Å². The molecule has 0 bridgehead atoms. The Hall–Kier alpha value is -2.41. The van der Waals surface area contributed by atoms with Crippen molar-refractivity contribution < 1.29 is 4.92 Å². The minimum absolute atomic E-state index is 0.00988. The molecule has 7 heteroatoms. The summed E-state index contributed by atoms with van der Waals surface area (Å²) in [6, 6.07) is 8.37. The van der Waals surface area contributed by atoms with Gasteiger partial charge in [0.05, 0.1) is 10.5 Å². The van der Waals surface area contributed by atoms with Crippen molar-refractivity contribution in [3.63, 3.8) is 0 Å². The van der Waals surface area contributed by atoms with Gasteiger partial charge in [-0.2, -0.15) is 0 Å². The van der Waals surface area contributed by atoms with E-state index in [-0.39, 0.29) is 5.69 Å². The Labute approximate surface area is 128 Å². The normalized spacial score (nSPS) is 11.0. The second kappa shape index (κ2) is 4.85. The molecule has 0 unspecified atom stereocenters.